The number of aromatic amines is 1. The van der Waals surface area contributed by atoms with E-state index in [0.29, 0.717) is 5.82 Å². The molecule has 1 aromatic rings. The molecule has 0 aliphatic carbocycles. The van der Waals surface area contributed by atoms with Gasteiger partial charge in [0.1, 0.15) is 12.1 Å². The lowest BCUT2D eigenvalue weighted by Gasteiger charge is -2.42. The molecular weight excluding hydrogens is 200 g/mol. The van der Waals surface area contributed by atoms with E-state index in [1.165, 1.54) is 5.06 Å². The van der Waals surface area contributed by atoms with E-state index in [1.807, 2.05) is 6.92 Å². The Balaban J connectivity index is 1.96. The molecule has 8 heteroatoms. The first-order valence-corrected chi connectivity index (χ1v) is 4.60. The number of carbonyl (C=O) groups excluding carboxylic acids is 1. The Morgan fingerprint density at radius 2 is 2.40 bits per heavy atom. The minimum absolute atomic E-state index is 0.115. The Labute approximate surface area is 85.7 Å². The van der Waals surface area contributed by atoms with Crippen LogP contribution in [0.3, 0.4) is 0 Å². The molecule has 3 N–H and O–H groups in total. The van der Waals surface area contributed by atoms with Gasteiger partial charge in [0.2, 0.25) is 0 Å². The Bertz CT molecular complexity index is 352. The summed E-state index contributed by atoms with van der Waals surface area (Å²) < 4.78 is 0. The summed E-state index contributed by atoms with van der Waals surface area (Å²) in [6.07, 6.45) is -0.404. The highest BCUT2D eigenvalue weighted by atomic mass is 16.7. The number of hydrogen-bond acceptors (Lipinski definition) is 6. The molecule has 1 aliphatic rings. The Morgan fingerprint density at radius 3 is 2.93 bits per heavy atom. The molecule has 1 unspecified atom stereocenters. The lowest BCUT2D eigenvalue weighted by Crippen LogP contribution is -2.67. The van der Waals surface area contributed by atoms with Crippen molar-refractivity contribution in [3.63, 3.8) is 0 Å². The molecular formula is C7H12N6O2. The van der Waals surface area contributed by atoms with Crippen molar-refractivity contribution in [1.29, 1.82) is 0 Å². The number of hydroxylamine groups is 2. The van der Waals surface area contributed by atoms with Crippen molar-refractivity contribution in [1.82, 2.24) is 25.7 Å². The molecule has 0 radical (unpaired) electrons. The van der Waals surface area contributed by atoms with Gasteiger partial charge in [-0.1, -0.05) is 0 Å². The highest BCUT2D eigenvalue weighted by Crippen LogP contribution is 2.23. The van der Waals surface area contributed by atoms with E-state index < -0.39 is 12.1 Å². The van der Waals surface area contributed by atoms with E-state index in [9.17, 15) is 4.79 Å². The number of carbonyl (C=O) groups is 1. The number of nitrogens with one attached hydrogen (secondary N) is 1. The number of nitrogens with zero attached hydrogens (tertiary/aromatic N) is 4. The standard InChI is InChI=1S/C7H12N6O2/c1-3-5(8)7(14)13(3)15-4(2)6-9-11-12-10-6/h3-5H,8H2,1-2H3,(H,9,10,11,12)/t3-,4?,5-/m0/s1. The summed E-state index contributed by atoms with van der Waals surface area (Å²) in [5.74, 6) is 0.247. The van der Waals surface area contributed by atoms with Crippen LogP contribution in [0.5, 0.6) is 0 Å². The second kappa shape index (κ2) is 3.55. The summed E-state index contributed by atoms with van der Waals surface area (Å²) in [5, 5.41) is 14.3. The Kier molecular flexibility index (Phi) is 2.37. The SMILES string of the molecule is CC(ON1C(=O)[C@@H](N)[C@@H]1C)c1nnn[nH]1. The van der Waals surface area contributed by atoms with Crippen molar-refractivity contribution in [2.45, 2.75) is 32.0 Å². The van der Waals surface area contributed by atoms with Crippen LogP contribution in [-0.2, 0) is 9.63 Å². The van der Waals surface area contributed by atoms with Gasteiger partial charge in [0.15, 0.2) is 5.82 Å². The maximum absolute atomic E-state index is 11.3. The van der Waals surface area contributed by atoms with Crippen molar-refractivity contribution >= 4 is 5.91 Å². The van der Waals surface area contributed by atoms with Crippen molar-refractivity contribution in [2.24, 2.45) is 5.73 Å². The summed E-state index contributed by atoms with van der Waals surface area (Å²) in [4.78, 5) is 16.6. The first-order valence-electron chi connectivity index (χ1n) is 4.60. The molecule has 1 saturated heterocycles. The molecule has 0 bridgehead atoms. The largest absolute Gasteiger partial charge is 0.318 e. The van der Waals surface area contributed by atoms with Gasteiger partial charge in [0.05, 0.1) is 6.04 Å². The minimum atomic E-state index is -0.468. The molecule has 1 aromatic heterocycles. The number of β-lactam (4-membered cyclic amide) rings is 1. The monoisotopic (exact) mass is 212 g/mol. The third-order valence-corrected chi connectivity index (χ3v) is 2.41. The lowest BCUT2D eigenvalue weighted by molar-refractivity contribution is -0.249. The van der Waals surface area contributed by atoms with Crippen LogP contribution in [0.25, 0.3) is 0 Å². The zero-order chi connectivity index (χ0) is 11.0. The number of aromatic nitrogens is 4. The fourth-order valence-electron chi connectivity index (χ4n) is 1.32. The summed E-state index contributed by atoms with van der Waals surface area (Å²) in [6.45, 7) is 3.56. The van der Waals surface area contributed by atoms with E-state index >= 15 is 0 Å². The predicted octanol–water partition coefficient (Wildman–Crippen LogP) is -1.25. The Morgan fingerprint density at radius 1 is 1.67 bits per heavy atom. The molecule has 8 nitrogen and oxygen atoms in total. The van der Waals surface area contributed by atoms with Crippen molar-refractivity contribution in [3.8, 4) is 0 Å². The van der Waals surface area contributed by atoms with Gasteiger partial charge in [-0.3, -0.25) is 9.63 Å². The Hall–Kier alpha value is -1.54. The topological polar surface area (TPSA) is 110 Å². The normalized spacial score (nSPS) is 27.7. The highest BCUT2D eigenvalue weighted by molar-refractivity contribution is 5.87. The van der Waals surface area contributed by atoms with Gasteiger partial charge >= 0.3 is 0 Å². The zero-order valence-corrected chi connectivity index (χ0v) is 8.41. The molecule has 0 saturated carbocycles. The van der Waals surface area contributed by atoms with Crippen LogP contribution in [-0.4, -0.2) is 43.7 Å². The average molecular weight is 212 g/mol. The number of nitrogens with two attached hydrogens (primary N) is 1. The second-order valence-electron chi connectivity index (χ2n) is 3.46. The van der Waals surface area contributed by atoms with E-state index in [-0.39, 0.29) is 11.9 Å². The van der Waals surface area contributed by atoms with Crippen LogP contribution in [0.15, 0.2) is 0 Å². The summed E-state index contributed by atoms with van der Waals surface area (Å²) in [5.41, 5.74) is 5.53. The van der Waals surface area contributed by atoms with E-state index in [4.69, 9.17) is 10.6 Å². The molecule has 1 aliphatic heterocycles. The molecule has 2 heterocycles. The quantitative estimate of drug-likeness (QED) is 0.606. The highest BCUT2D eigenvalue weighted by Gasteiger charge is 2.44. The smallest absolute Gasteiger partial charge is 0.265 e. The van der Waals surface area contributed by atoms with Crippen LogP contribution >= 0.6 is 0 Å². The number of hydrogen-bond donors (Lipinski definition) is 2. The van der Waals surface area contributed by atoms with E-state index in [1.54, 1.807) is 6.92 Å². The first-order chi connectivity index (χ1) is 7.11. The van der Waals surface area contributed by atoms with Gasteiger partial charge in [0.25, 0.3) is 5.91 Å². The maximum atomic E-state index is 11.3. The van der Waals surface area contributed by atoms with Crippen molar-refractivity contribution in [3.05, 3.63) is 5.82 Å². The molecule has 1 fully saturated rings. The molecule has 3 atom stereocenters. The predicted molar refractivity (Wildman–Crippen MR) is 48.0 cm³/mol. The average Bonchev–Trinajstić information content (AvgIpc) is 2.77. The molecule has 0 aromatic carbocycles. The maximum Gasteiger partial charge on any atom is 0.265 e. The minimum Gasteiger partial charge on any atom is -0.318 e. The van der Waals surface area contributed by atoms with E-state index in [2.05, 4.69) is 20.6 Å². The van der Waals surface area contributed by atoms with Crippen LogP contribution in [0, 0.1) is 0 Å². The summed E-state index contributed by atoms with van der Waals surface area (Å²) >= 11 is 0. The van der Waals surface area contributed by atoms with Crippen molar-refractivity contribution < 1.29 is 9.63 Å². The fraction of sp³-hybridized carbons (Fsp3) is 0.714. The van der Waals surface area contributed by atoms with Crippen molar-refractivity contribution in [2.75, 3.05) is 0 Å². The summed E-state index contributed by atoms with van der Waals surface area (Å²) in [6, 6.07) is -0.583. The fourth-order valence-corrected chi connectivity index (χ4v) is 1.32. The molecule has 1 amide bonds. The van der Waals surface area contributed by atoms with Gasteiger partial charge in [-0.2, -0.15) is 0 Å². The zero-order valence-electron chi connectivity index (χ0n) is 8.41. The van der Waals surface area contributed by atoms with Crippen LogP contribution in [0.1, 0.15) is 25.8 Å². The van der Waals surface area contributed by atoms with Crippen LogP contribution in [0.2, 0.25) is 0 Å². The second-order valence-corrected chi connectivity index (χ2v) is 3.46. The van der Waals surface area contributed by atoms with Crippen LogP contribution < -0.4 is 5.73 Å². The van der Waals surface area contributed by atoms with Gasteiger partial charge in [-0.05, 0) is 24.3 Å². The third kappa shape index (κ3) is 1.57. The van der Waals surface area contributed by atoms with Gasteiger partial charge < -0.3 is 5.73 Å². The molecule has 0 spiro atoms. The summed E-state index contributed by atoms with van der Waals surface area (Å²) in [7, 11) is 0. The number of rotatable bonds is 3. The number of tetrazole rings is 1. The van der Waals surface area contributed by atoms with Gasteiger partial charge in [0, 0.05) is 0 Å². The third-order valence-electron chi connectivity index (χ3n) is 2.41. The number of amides is 1. The van der Waals surface area contributed by atoms with Gasteiger partial charge in [-0.15, -0.1) is 5.10 Å². The first kappa shape index (κ1) is 9.99. The molecule has 2 rings (SSSR count). The van der Waals surface area contributed by atoms with E-state index in [0.717, 1.165) is 0 Å². The van der Waals surface area contributed by atoms with Gasteiger partial charge in [-0.25, -0.2) is 10.2 Å². The molecule has 82 valence electrons. The number of H-pyrrole nitrogens is 1. The lowest BCUT2D eigenvalue weighted by atomic mass is 10.0. The van der Waals surface area contributed by atoms with Crippen LogP contribution in [0.4, 0.5) is 0 Å². The molecule has 15 heavy (non-hydrogen) atoms.